The van der Waals surface area contributed by atoms with Gasteiger partial charge in [0.05, 0.1) is 6.61 Å². The molecule has 0 saturated carbocycles. The average Bonchev–Trinajstić information content (AvgIpc) is 2.28. The standard InChI is InChI=1S/C13H18N2O3/c1-4-18-13(17)10-6-5-7-14-12(10)15-11(16)8-9(2)3/h5-7,9H,4,8H2,1-3H3,(H,14,15,16). The molecule has 5 nitrogen and oxygen atoms in total. The molecule has 1 heterocycles. The van der Waals surface area contributed by atoms with Crippen molar-refractivity contribution in [2.75, 3.05) is 11.9 Å². The van der Waals surface area contributed by atoms with Crippen LogP contribution in [0.3, 0.4) is 0 Å². The van der Waals surface area contributed by atoms with Gasteiger partial charge in [-0.15, -0.1) is 0 Å². The fourth-order valence-corrected chi connectivity index (χ4v) is 1.43. The lowest BCUT2D eigenvalue weighted by Gasteiger charge is -2.10. The first-order chi connectivity index (χ1) is 8.54. The SMILES string of the molecule is CCOC(=O)c1cccnc1NC(=O)CC(C)C. The molecule has 1 aromatic rings. The van der Waals surface area contributed by atoms with Crippen LogP contribution < -0.4 is 5.32 Å². The maximum atomic E-state index is 11.7. The van der Waals surface area contributed by atoms with Crippen LogP contribution in [0.1, 0.15) is 37.6 Å². The molecule has 0 aliphatic rings. The second-order valence-corrected chi connectivity index (χ2v) is 4.27. The highest BCUT2D eigenvalue weighted by Gasteiger charge is 2.15. The largest absolute Gasteiger partial charge is 0.462 e. The van der Waals surface area contributed by atoms with Crippen LogP contribution in [0.15, 0.2) is 18.3 Å². The molecule has 1 amide bonds. The van der Waals surface area contributed by atoms with Gasteiger partial charge < -0.3 is 10.1 Å². The van der Waals surface area contributed by atoms with E-state index in [2.05, 4.69) is 10.3 Å². The van der Waals surface area contributed by atoms with Gasteiger partial charge in [0.15, 0.2) is 0 Å². The van der Waals surface area contributed by atoms with Crippen molar-refractivity contribution < 1.29 is 14.3 Å². The summed E-state index contributed by atoms with van der Waals surface area (Å²) in [6.07, 6.45) is 1.91. The Morgan fingerprint density at radius 1 is 1.44 bits per heavy atom. The van der Waals surface area contributed by atoms with Crippen LogP contribution in [0.2, 0.25) is 0 Å². The van der Waals surface area contributed by atoms with Gasteiger partial charge in [-0.1, -0.05) is 13.8 Å². The number of hydrogen-bond acceptors (Lipinski definition) is 4. The molecule has 0 spiro atoms. The Kier molecular flexibility index (Phi) is 5.30. The Morgan fingerprint density at radius 3 is 2.78 bits per heavy atom. The third-order valence-electron chi connectivity index (χ3n) is 2.15. The van der Waals surface area contributed by atoms with Crippen molar-refractivity contribution in [3.8, 4) is 0 Å². The highest BCUT2D eigenvalue weighted by atomic mass is 16.5. The van der Waals surface area contributed by atoms with Crippen LogP contribution in [0, 0.1) is 5.92 Å². The second-order valence-electron chi connectivity index (χ2n) is 4.27. The van der Waals surface area contributed by atoms with Crippen molar-refractivity contribution in [3.63, 3.8) is 0 Å². The van der Waals surface area contributed by atoms with Crippen molar-refractivity contribution in [1.82, 2.24) is 4.98 Å². The van der Waals surface area contributed by atoms with E-state index < -0.39 is 5.97 Å². The Balaban J connectivity index is 2.82. The van der Waals surface area contributed by atoms with Crippen LogP contribution in [0.5, 0.6) is 0 Å². The first kappa shape index (κ1) is 14.2. The molecule has 0 radical (unpaired) electrons. The van der Waals surface area contributed by atoms with Crippen molar-refractivity contribution >= 4 is 17.7 Å². The minimum Gasteiger partial charge on any atom is -0.462 e. The lowest BCUT2D eigenvalue weighted by atomic mass is 10.1. The second kappa shape index (κ2) is 6.74. The minimum absolute atomic E-state index is 0.158. The van der Waals surface area contributed by atoms with Crippen molar-refractivity contribution in [2.45, 2.75) is 27.2 Å². The maximum Gasteiger partial charge on any atom is 0.341 e. The smallest absolute Gasteiger partial charge is 0.341 e. The van der Waals surface area contributed by atoms with Gasteiger partial charge in [-0.2, -0.15) is 0 Å². The number of ether oxygens (including phenoxy) is 1. The molecule has 0 aliphatic heterocycles. The summed E-state index contributed by atoms with van der Waals surface area (Å²) in [7, 11) is 0. The first-order valence-corrected chi connectivity index (χ1v) is 5.96. The molecular weight excluding hydrogens is 232 g/mol. The fourth-order valence-electron chi connectivity index (χ4n) is 1.43. The Hall–Kier alpha value is -1.91. The fraction of sp³-hybridized carbons (Fsp3) is 0.462. The number of amides is 1. The Labute approximate surface area is 107 Å². The minimum atomic E-state index is -0.481. The number of esters is 1. The van der Waals surface area contributed by atoms with Crippen molar-refractivity contribution in [2.24, 2.45) is 5.92 Å². The molecule has 1 N–H and O–H groups in total. The number of nitrogens with one attached hydrogen (secondary N) is 1. The van der Waals surface area contributed by atoms with E-state index in [-0.39, 0.29) is 29.8 Å². The predicted octanol–water partition coefficient (Wildman–Crippen LogP) is 2.24. The number of carbonyl (C=O) groups excluding carboxylic acids is 2. The summed E-state index contributed by atoms with van der Waals surface area (Å²) in [6.45, 7) is 5.91. The molecule has 98 valence electrons. The molecule has 1 aromatic heterocycles. The van der Waals surface area contributed by atoms with E-state index in [0.29, 0.717) is 6.42 Å². The number of hydrogen-bond donors (Lipinski definition) is 1. The van der Waals surface area contributed by atoms with Gasteiger partial charge in [-0.05, 0) is 25.0 Å². The zero-order valence-electron chi connectivity index (χ0n) is 10.9. The van der Waals surface area contributed by atoms with Gasteiger partial charge in [0.2, 0.25) is 5.91 Å². The molecule has 0 unspecified atom stereocenters. The van der Waals surface area contributed by atoms with Gasteiger partial charge in [0.25, 0.3) is 0 Å². The lowest BCUT2D eigenvalue weighted by Crippen LogP contribution is -2.18. The topological polar surface area (TPSA) is 68.3 Å². The summed E-state index contributed by atoms with van der Waals surface area (Å²) in [4.78, 5) is 27.3. The van der Waals surface area contributed by atoms with Gasteiger partial charge in [-0.25, -0.2) is 9.78 Å². The molecule has 0 bridgehead atoms. The van der Waals surface area contributed by atoms with E-state index >= 15 is 0 Å². The Bertz CT molecular complexity index is 430. The van der Waals surface area contributed by atoms with Crippen LogP contribution in [-0.4, -0.2) is 23.5 Å². The molecule has 0 atom stereocenters. The number of aromatic nitrogens is 1. The molecule has 0 fully saturated rings. The van der Waals surface area contributed by atoms with E-state index in [1.807, 2.05) is 13.8 Å². The third-order valence-corrected chi connectivity index (χ3v) is 2.15. The highest BCUT2D eigenvalue weighted by Crippen LogP contribution is 2.14. The first-order valence-electron chi connectivity index (χ1n) is 5.96. The maximum absolute atomic E-state index is 11.7. The van der Waals surface area contributed by atoms with Crippen LogP contribution in [0.25, 0.3) is 0 Å². The third kappa shape index (κ3) is 4.16. The summed E-state index contributed by atoms with van der Waals surface area (Å²) in [5, 5.41) is 2.63. The summed E-state index contributed by atoms with van der Waals surface area (Å²) in [5.74, 6) is -0.138. The summed E-state index contributed by atoms with van der Waals surface area (Å²) >= 11 is 0. The number of nitrogens with zero attached hydrogens (tertiary/aromatic N) is 1. The van der Waals surface area contributed by atoms with Crippen LogP contribution in [-0.2, 0) is 9.53 Å². The Morgan fingerprint density at radius 2 is 2.17 bits per heavy atom. The number of carbonyl (C=O) groups is 2. The normalized spacial score (nSPS) is 10.2. The number of anilines is 1. The van der Waals surface area contributed by atoms with Crippen molar-refractivity contribution in [3.05, 3.63) is 23.9 Å². The van der Waals surface area contributed by atoms with E-state index in [1.165, 1.54) is 6.20 Å². The summed E-state index contributed by atoms with van der Waals surface area (Å²) in [5.41, 5.74) is 0.274. The highest BCUT2D eigenvalue weighted by molar-refractivity contribution is 5.99. The number of rotatable bonds is 5. The zero-order valence-corrected chi connectivity index (χ0v) is 10.9. The van der Waals surface area contributed by atoms with E-state index in [4.69, 9.17) is 4.74 Å². The van der Waals surface area contributed by atoms with E-state index in [1.54, 1.807) is 19.1 Å². The van der Waals surface area contributed by atoms with Crippen molar-refractivity contribution in [1.29, 1.82) is 0 Å². The van der Waals surface area contributed by atoms with Gasteiger partial charge in [0.1, 0.15) is 11.4 Å². The average molecular weight is 250 g/mol. The predicted molar refractivity (Wildman–Crippen MR) is 68.3 cm³/mol. The monoisotopic (exact) mass is 250 g/mol. The molecule has 0 saturated heterocycles. The summed E-state index contributed by atoms with van der Waals surface area (Å²) in [6, 6.07) is 3.21. The molecule has 5 heteroatoms. The molecule has 0 aliphatic carbocycles. The van der Waals surface area contributed by atoms with Gasteiger partial charge in [0, 0.05) is 12.6 Å². The van der Waals surface area contributed by atoms with E-state index in [9.17, 15) is 9.59 Å². The van der Waals surface area contributed by atoms with Crippen LogP contribution in [0.4, 0.5) is 5.82 Å². The molecule has 0 aromatic carbocycles. The quantitative estimate of drug-likeness (QED) is 0.814. The van der Waals surface area contributed by atoms with Crippen LogP contribution >= 0.6 is 0 Å². The van der Waals surface area contributed by atoms with Gasteiger partial charge in [-0.3, -0.25) is 4.79 Å². The molecule has 18 heavy (non-hydrogen) atoms. The number of pyridine rings is 1. The lowest BCUT2D eigenvalue weighted by molar-refractivity contribution is -0.116. The zero-order chi connectivity index (χ0) is 13.5. The molecular formula is C13H18N2O3. The molecule has 1 rings (SSSR count). The van der Waals surface area contributed by atoms with E-state index in [0.717, 1.165) is 0 Å². The summed E-state index contributed by atoms with van der Waals surface area (Å²) < 4.78 is 4.90. The van der Waals surface area contributed by atoms with Gasteiger partial charge >= 0.3 is 5.97 Å².